The van der Waals surface area contributed by atoms with E-state index in [9.17, 15) is 14.4 Å². The number of carbonyl (C=O) groups excluding carboxylic acids is 3. The summed E-state index contributed by atoms with van der Waals surface area (Å²) in [6, 6.07) is 14.5. The number of aryl methyl sites for hydroxylation is 1. The number of rotatable bonds is 4. The second kappa shape index (κ2) is 6.69. The molecule has 5 rings (SSSR count). The van der Waals surface area contributed by atoms with Gasteiger partial charge in [-0.1, -0.05) is 43.3 Å². The second-order valence-electron chi connectivity index (χ2n) is 8.03. The zero-order chi connectivity index (χ0) is 20.1. The van der Waals surface area contributed by atoms with E-state index in [0.717, 1.165) is 24.1 Å². The predicted molar refractivity (Wildman–Crippen MR) is 110 cm³/mol. The highest BCUT2D eigenvalue weighted by Crippen LogP contribution is 2.53. The standard InChI is InChI=1S/C24H22N2O3/c1-2-14-6-3-4-9-19(14)25-22(27)17-7-5-8-18(13-17)26-23(28)20-15-10-11-16(12-15)21(20)24(26)29/h3-11,13,15-16,20-21H,2,12H2,1H3,(H,25,27)/t15-,16-,20+,21+/m0/s1. The van der Waals surface area contributed by atoms with Crippen molar-refractivity contribution >= 4 is 29.1 Å². The van der Waals surface area contributed by atoms with Gasteiger partial charge in [-0.05, 0) is 54.5 Å². The van der Waals surface area contributed by atoms with Crippen LogP contribution in [0, 0.1) is 23.7 Å². The summed E-state index contributed by atoms with van der Waals surface area (Å²) in [5.74, 6) is -0.671. The first-order valence-electron chi connectivity index (χ1n) is 10.1. The number of allylic oxidation sites excluding steroid dienone is 2. The molecule has 0 radical (unpaired) electrons. The molecule has 2 aliphatic carbocycles. The van der Waals surface area contributed by atoms with E-state index in [4.69, 9.17) is 0 Å². The number of nitrogens with zero attached hydrogens (tertiary/aromatic N) is 1. The lowest BCUT2D eigenvalue weighted by Crippen LogP contribution is -2.33. The Bertz CT molecular complexity index is 1030. The van der Waals surface area contributed by atoms with Crippen molar-refractivity contribution in [2.45, 2.75) is 19.8 Å². The summed E-state index contributed by atoms with van der Waals surface area (Å²) in [5, 5.41) is 2.94. The minimum atomic E-state index is -0.256. The number of para-hydroxylation sites is 1. The number of imide groups is 1. The highest BCUT2D eigenvalue weighted by atomic mass is 16.2. The molecular formula is C24H22N2O3. The van der Waals surface area contributed by atoms with Crippen LogP contribution in [0.3, 0.4) is 0 Å². The first-order chi connectivity index (χ1) is 14.1. The van der Waals surface area contributed by atoms with Crippen LogP contribution in [-0.4, -0.2) is 17.7 Å². The normalized spacial score (nSPS) is 26.9. The molecule has 5 nitrogen and oxygen atoms in total. The van der Waals surface area contributed by atoms with Crippen LogP contribution in [-0.2, 0) is 16.0 Å². The van der Waals surface area contributed by atoms with Crippen molar-refractivity contribution in [3.63, 3.8) is 0 Å². The first kappa shape index (κ1) is 17.9. The molecule has 0 aromatic heterocycles. The molecule has 1 saturated heterocycles. The minimum Gasteiger partial charge on any atom is -0.322 e. The third-order valence-electron chi connectivity index (χ3n) is 6.48. The molecule has 3 amide bonds. The van der Waals surface area contributed by atoms with Crippen LogP contribution in [0.1, 0.15) is 29.3 Å². The Hall–Kier alpha value is -3.21. The number of hydrogen-bond donors (Lipinski definition) is 1. The predicted octanol–water partition coefficient (Wildman–Crippen LogP) is 3.81. The Morgan fingerprint density at radius 3 is 2.38 bits per heavy atom. The molecule has 2 fully saturated rings. The van der Waals surface area contributed by atoms with Gasteiger partial charge in [0.05, 0.1) is 17.5 Å². The van der Waals surface area contributed by atoms with Gasteiger partial charge in [0, 0.05) is 11.3 Å². The average molecular weight is 386 g/mol. The lowest BCUT2D eigenvalue weighted by Gasteiger charge is -2.18. The van der Waals surface area contributed by atoms with E-state index < -0.39 is 0 Å². The second-order valence-corrected chi connectivity index (χ2v) is 8.03. The van der Waals surface area contributed by atoms with E-state index in [1.807, 2.05) is 31.2 Å². The average Bonchev–Trinajstić information content (AvgIpc) is 3.42. The van der Waals surface area contributed by atoms with E-state index in [1.54, 1.807) is 24.3 Å². The lowest BCUT2D eigenvalue weighted by molar-refractivity contribution is -0.123. The van der Waals surface area contributed by atoms with E-state index in [2.05, 4.69) is 17.5 Å². The SMILES string of the molecule is CCc1ccccc1NC(=O)c1cccc(N2C(=O)[C@H]3[C@H](C2=O)[C@H]2C=C[C@H]3C2)c1. The fraction of sp³-hybridized carbons (Fsp3) is 0.292. The molecule has 3 aliphatic rings. The Balaban J connectivity index is 1.41. The molecule has 1 N–H and O–H groups in total. The van der Waals surface area contributed by atoms with Crippen molar-refractivity contribution in [1.29, 1.82) is 0 Å². The van der Waals surface area contributed by atoms with Gasteiger partial charge < -0.3 is 5.32 Å². The maximum Gasteiger partial charge on any atom is 0.255 e. The van der Waals surface area contributed by atoms with E-state index >= 15 is 0 Å². The number of amides is 3. The molecule has 2 aromatic rings. The highest BCUT2D eigenvalue weighted by molar-refractivity contribution is 6.23. The minimum absolute atomic E-state index is 0.134. The monoisotopic (exact) mass is 386 g/mol. The third-order valence-corrected chi connectivity index (χ3v) is 6.48. The van der Waals surface area contributed by atoms with E-state index in [0.29, 0.717) is 11.3 Å². The third kappa shape index (κ3) is 2.72. The van der Waals surface area contributed by atoms with Crippen molar-refractivity contribution < 1.29 is 14.4 Å². The molecule has 2 aromatic carbocycles. The van der Waals surface area contributed by atoms with Crippen LogP contribution in [0.4, 0.5) is 11.4 Å². The maximum atomic E-state index is 13.0. The summed E-state index contributed by atoms with van der Waals surface area (Å²) in [6.07, 6.45) is 5.87. The number of hydrogen-bond acceptors (Lipinski definition) is 3. The van der Waals surface area contributed by atoms with Crippen molar-refractivity contribution in [3.05, 3.63) is 71.8 Å². The van der Waals surface area contributed by atoms with Gasteiger partial charge in [0.15, 0.2) is 0 Å². The topological polar surface area (TPSA) is 66.5 Å². The van der Waals surface area contributed by atoms with Gasteiger partial charge in [0.1, 0.15) is 0 Å². The Labute approximate surface area is 169 Å². The van der Waals surface area contributed by atoms with Gasteiger partial charge >= 0.3 is 0 Å². The van der Waals surface area contributed by atoms with Gasteiger partial charge in [0.2, 0.25) is 11.8 Å². The zero-order valence-electron chi connectivity index (χ0n) is 16.2. The van der Waals surface area contributed by atoms with Crippen LogP contribution in [0.25, 0.3) is 0 Å². The maximum absolute atomic E-state index is 13.0. The van der Waals surface area contributed by atoms with Gasteiger partial charge in [-0.15, -0.1) is 0 Å². The van der Waals surface area contributed by atoms with Gasteiger partial charge in [0.25, 0.3) is 5.91 Å². The Kier molecular flexibility index (Phi) is 4.12. The Morgan fingerprint density at radius 1 is 1.00 bits per heavy atom. The summed E-state index contributed by atoms with van der Waals surface area (Å²) < 4.78 is 0. The Morgan fingerprint density at radius 2 is 1.69 bits per heavy atom. The highest BCUT2D eigenvalue weighted by Gasteiger charge is 2.59. The molecule has 5 heteroatoms. The van der Waals surface area contributed by atoms with Crippen molar-refractivity contribution in [3.8, 4) is 0 Å². The van der Waals surface area contributed by atoms with Crippen molar-refractivity contribution in [2.75, 3.05) is 10.2 Å². The van der Waals surface area contributed by atoms with Gasteiger partial charge in [-0.25, -0.2) is 4.90 Å². The van der Waals surface area contributed by atoms with Crippen LogP contribution >= 0.6 is 0 Å². The molecular weight excluding hydrogens is 364 g/mol. The van der Waals surface area contributed by atoms with Crippen LogP contribution in [0.5, 0.6) is 0 Å². The smallest absolute Gasteiger partial charge is 0.255 e. The van der Waals surface area contributed by atoms with Gasteiger partial charge in [-0.2, -0.15) is 0 Å². The molecule has 0 spiro atoms. The quantitative estimate of drug-likeness (QED) is 0.642. The van der Waals surface area contributed by atoms with E-state index in [1.165, 1.54) is 4.90 Å². The molecule has 4 atom stereocenters. The van der Waals surface area contributed by atoms with Gasteiger partial charge in [-0.3, -0.25) is 14.4 Å². The van der Waals surface area contributed by atoms with Crippen LogP contribution < -0.4 is 10.2 Å². The van der Waals surface area contributed by atoms with Crippen molar-refractivity contribution in [2.24, 2.45) is 23.7 Å². The summed E-state index contributed by atoms with van der Waals surface area (Å²) in [6.45, 7) is 2.04. The molecule has 1 heterocycles. The van der Waals surface area contributed by atoms with Crippen molar-refractivity contribution in [1.82, 2.24) is 0 Å². The fourth-order valence-electron chi connectivity index (χ4n) is 5.09. The number of anilines is 2. The summed E-state index contributed by atoms with van der Waals surface area (Å²) >= 11 is 0. The van der Waals surface area contributed by atoms with Crippen LogP contribution in [0.15, 0.2) is 60.7 Å². The molecule has 1 aliphatic heterocycles. The number of carbonyl (C=O) groups is 3. The molecule has 29 heavy (non-hydrogen) atoms. The number of benzene rings is 2. The number of nitrogens with one attached hydrogen (secondary N) is 1. The molecule has 2 bridgehead atoms. The largest absolute Gasteiger partial charge is 0.322 e. The summed E-state index contributed by atoms with van der Waals surface area (Å²) in [7, 11) is 0. The lowest BCUT2D eigenvalue weighted by atomic mass is 9.85. The summed E-state index contributed by atoms with van der Waals surface area (Å²) in [5.41, 5.74) is 2.73. The molecule has 1 saturated carbocycles. The molecule has 146 valence electrons. The first-order valence-corrected chi connectivity index (χ1v) is 10.1. The van der Waals surface area contributed by atoms with E-state index in [-0.39, 0.29) is 41.4 Å². The summed E-state index contributed by atoms with van der Waals surface area (Å²) in [4.78, 5) is 40.1. The molecule has 0 unspecified atom stereocenters. The van der Waals surface area contributed by atoms with Crippen LogP contribution in [0.2, 0.25) is 0 Å². The number of fused-ring (bicyclic) bond motifs is 5. The zero-order valence-corrected chi connectivity index (χ0v) is 16.2. The fourth-order valence-corrected chi connectivity index (χ4v) is 5.09.